The highest BCUT2D eigenvalue weighted by Gasteiger charge is 2.32. The van der Waals surface area contributed by atoms with Gasteiger partial charge >= 0.3 is 0 Å². The van der Waals surface area contributed by atoms with Crippen molar-refractivity contribution >= 4 is 0 Å². The van der Waals surface area contributed by atoms with Crippen LogP contribution in [0.1, 0.15) is 47.0 Å². The lowest BCUT2D eigenvalue weighted by Crippen LogP contribution is -2.53. The number of likely N-dealkylation sites (tertiary alicyclic amines) is 1. The minimum atomic E-state index is 0.251. The second-order valence-electron chi connectivity index (χ2n) is 6.25. The molecule has 0 spiro atoms. The van der Waals surface area contributed by atoms with Crippen LogP contribution in [0, 0.1) is 5.41 Å². The molecule has 17 heavy (non-hydrogen) atoms. The van der Waals surface area contributed by atoms with E-state index in [0.29, 0.717) is 12.1 Å². The molecule has 2 unspecified atom stereocenters. The monoisotopic (exact) mass is 242 g/mol. The molecule has 1 aliphatic heterocycles. The van der Waals surface area contributed by atoms with E-state index >= 15 is 0 Å². The quantitative estimate of drug-likeness (QED) is 0.803. The molecule has 1 rings (SSSR count). The summed E-state index contributed by atoms with van der Waals surface area (Å²) in [7, 11) is 0. The summed E-state index contributed by atoms with van der Waals surface area (Å²) in [5.74, 6) is 0. The van der Waals surface area contributed by atoms with E-state index in [9.17, 15) is 0 Å². The summed E-state index contributed by atoms with van der Waals surface area (Å²) in [6.07, 6.45) is 3.97. The Morgan fingerprint density at radius 1 is 1.41 bits per heavy atom. The van der Waals surface area contributed by atoms with Crippen molar-refractivity contribution in [3.63, 3.8) is 0 Å². The van der Waals surface area contributed by atoms with Crippen molar-refractivity contribution in [2.45, 2.75) is 59.1 Å². The molecule has 2 N–H and O–H groups in total. The fourth-order valence-corrected chi connectivity index (χ4v) is 2.72. The predicted octanol–water partition coefficient (Wildman–Crippen LogP) is 2.25. The van der Waals surface area contributed by atoms with Gasteiger partial charge < -0.3 is 10.5 Å². The summed E-state index contributed by atoms with van der Waals surface area (Å²) in [5, 5.41) is 0. The van der Waals surface area contributed by atoms with Gasteiger partial charge in [-0.1, -0.05) is 27.7 Å². The van der Waals surface area contributed by atoms with Gasteiger partial charge in [-0.2, -0.15) is 0 Å². The zero-order valence-corrected chi connectivity index (χ0v) is 12.0. The van der Waals surface area contributed by atoms with Crippen molar-refractivity contribution in [3.05, 3.63) is 0 Å². The first-order valence-corrected chi connectivity index (χ1v) is 7.04. The fraction of sp³-hybridized carbons (Fsp3) is 1.00. The van der Waals surface area contributed by atoms with Crippen LogP contribution < -0.4 is 5.73 Å². The van der Waals surface area contributed by atoms with Crippen LogP contribution in [0.25, 0.3) is 0 Å². The molecule has 0 aromatic carbocycles. The van der Waals surface area contributed by atoms with E-state index in [1.54, 1.807) is 0 Å². The Balaban J connectivity index is 2.52. The first-order valence-electron chi connectivity index (χ1n) is 7.04. The summed E-state index contributed by atoms with van der Waals surface area (Å²) < 4.78 is 5.89. The Morgan fingerprint density at radius 2 is 2.12 bits per heavy atom. The van der Waals surface area contributed by atoms with E-state index in [0.717, 1.165) is 26.1 Å². The molecule has 1 aliphatic rings. The first kappa shape index (κ1) is 14.9. The van der Waals surface area contributed by atoms with Crippen LogP contribution in [-0.2, 0) is 4.74 Å². The molecule has 3 nitrogen and oxygen atoms in total. The standard InChI is InChI=1S/C14H30N2O/c1-5-9-17-12-7-6-8-16(11-12)13(10-15)14(2,3)4/h12-13H,5-11,15H2,1-4H3. The molecular weight excluding hydrogens is 212 g/mol. The molecule has 0 aromatic rings. The maximum absolute atomic E-state index is 5.95. The van der Waals surface area contributed by atoms with Crippen molar-refractivity contribution in [1.29, 1.82) is 0 Å². The van der Waals surface area contributed by atoms with Crippen LogP contribution in [0.15, 0.2) is 0 Å². The van der Waals surface area contributed by atoms with Gasteiger partial charge in [0.25, 0.3) is 0 Å². The summed E-state index contributed by atoms with van der Waals surface area (Å²) in [4.78, 5) is 2.53. The molecule has 0 radical (unpaired) electrons. The van der Waals surface area contributed by atoms with E-state index in [2.05, 4.69) is 32.6 Å². The fourth-order valence-electron chi connectivity index (χ4n) is 2.72. The number of piperidine rings is 1. The van der Waals surface area contributed by atoms with Gasteiger partial charge in [0.1, 0.15) is 0 Å². The Kier molecular flexibility index (Phi) is 5.90. The third-order valence-electron chi connectivity index (χ3n) is 3.63. The minimum absolute atomic E-state index is 0.251. The van der Waals surface area contributed by atoms with E-state index in [-0.39, 0.29) is 5.41 Å². The van der Waals surface area contributed by atoms with Crippen LogP contribution in [0.2, 0.25) is 0 Å². The molecule has 3 heteroatoms. The van der Waals surface area contributed by atoms with Crippen LogP contribution in [0.3, 0.4) is 0 Å². The predicted molar refractivity (Wildman–Crippen MR) is 73.1 cm³/mol. The van der Waals surface area contributed by atoms with Crippen LogP contribution >= 0.6 is 0 Å². The van der Waals surface area contributed by atoms with E-state index in [4.69, 9.17) is 10.5 Å². The molecular formula is C14H30N2O. The zero-order chi connectivity index (χ0) is 12.9. The maximum Gasteiger partial charge on any atom is 0.0702 e. The van der Waals surface area contributed by atoms with Crippen molar-refractivity contribution in [1.82, 2.24) is 4.90 Å². The van der Waals surface area contributed by atoms with Gasteiger partial charge in [-0.25, -0.2) is 0 Å². The second-order valence-corrected chi connectivity index (χ2v) is 6.25. The van der Waals surface area contributed by atoms with Gasteiger partial charge in [0, 0.05) is 25.7 Å². The first-order chi connectivity index (χ1) is 7.99. The topological polar surface area (TPSA) is 38.5 Å². The molecule has 0 aromatic heterocycles. The average molecular weight is 242 g/mol. The molecule has 0 bridgehead atoms. The van der Waals surface area contributed by atoms with Crippen molar-refractivity contribution in [2.75, 3.05) is 26.2 Å². The lowest BCUT2D eigenvalue weighted by Gasteiger charge is -2.43. The summed E-state index contributed by atoms with van der Waals surface area (Å²) in [6, 6.07) is 0.468. The Hall–Kier alpha value is -0.120. The van der Waals surface area contributed by atoms with E-state index in [1.165, 1.54) is 19.4 Å². The zero-order valence-electron chi connectivity index (χ0n) is 12.0. The maximum atomic E-state index is 5.95. The van der Waals surface area contributed by atoms with Crippen molar-refractivity contribution < 1.29 is 4.74 Å². The van der Waals surface area contributed by atoms with E-state index in [1.807, 2.05) is 0 Å². The second kappa shape index (κ2) is 6.72. The lowest BCUT2D eigenvalue weighted by atomic mass is 9.84. The molecule has 1 saturated heterocycles. The SMILES string of the molecule is CCCOC1CCCN(C(CN)C(C)(C)C)C1. The van der Waals surface area contributed by atoms with Crippen LogP contribution in [0.5, 0.6) is 0 Å². The smallest absolute Gasteiger partial charge is 0.0702 e. The Labute approximate surface area is 107 Å². The summed E-state index contributed by atoms with van der Waals surface area (Å²) in [5.41, 5.74) is 6.20. The summed E-state index contributed by atoms with van der Waals surface area (Å²) in [6.45, 7) is 12.9. The van der Waals surface area contributed by atoms with Crippen molar-refractivity contribution in [2.24, 2.45) is 11.1 Å². The average Bonchev–Trinajstić information content (AvgIpc) is 2.26. The lowest BCUT2D eigenvalue weighted by molar-refractivity contribution is -0.0272. The normalized spacial score (nSPS) is 24.9. The van der Waals surface area contributed by atoms with Gasteiger partial charge in [0.05, 0.1) is 6.10 Å². The summed E-state index contributed by atoms with van der Waals surface area (Å²) >= 11 is 0. The molecule has 0 aliphatic carbocycles. The largest absolute Gasteiger partial charge is 0.377 e. The van der Waals surface area contributed by atoms with Gasteiger partial charge in [-0.15, -0.1) is 0 Å². The third kappa shape index (κ3) is 4.57. The van der Waals surface area contributed by atoms with E-state index < -0.39 is 0 Å². The van der Waals surface area contributed by atoms with Gasteiger partial charge in [0.15, 0.2) is 0 Å². The highest BCUT2D eigenvalue weighted by atomic mass is 16.5. The highest BCUT2D eigenvalue weighted by Crippen LogP contribution is 2.27. The molecule has 1 heterocycles. The van der Waals surface area contributed by atoms with Crippen LogP contribution in [0.4, 0.5) is 0 Å². The van der Waals surface area contributed by atoms with Gasteiger partial charge in [-0.3, -0.25) is 4.90 Å². The van der Waals surface area contributed by atoms with Gasteiger partial charge in [0.2, 0.25) is 0 Å². The number of ether oxygens (including phenoxy) is 1. The minimum Gasteiger partial charge on any atom is -0.377 e. The highest BCUT2D eigenvalue weighted by molar-refractivity contribution is 4.87. The number of rotatable bonds is 5. The number of nitrogens with zero attached hydrogens (tertiary/aromatic N) is 1. The molecule has 0 saturated carbocycles. The van der Waals surface area contributed by atoms with Gasteiger partial charge in [-0.05, 0) is 31.2 Å². The van der Waals surface area contributed by atoms with Crippen molar-refractivity contribution in [3.8, 4) is 0 Å². The Morgan fingerprint density at radius 3 is 2.65 bits per heavy atom. The number of hydrogen-bond donors (Lipinski definition) is 1. The molecule has 1 fully saturated rings. The Bertz CT molecular complexity index is 213. The molecule has 102 valence electrons. The molecule has 0 amide bonds. The molecule has 2 atom stereocenters. The third-order valence-corrected chi connectivity index (χ3v) is 3.63. The van der Waals surface area contributed by atoms with Crippen LogP contribution in [-0.4, -0.2) is 43.3 Å². The number of nitrogens with two attached hydrogens (primary N) is 1. The number of hydrogen-bond acceptors (Lipinski definition) is 3.